The second-order valence-corrected chi connectivity index (χ2v) is 3.24. The zero-order chi connectivity index (χ0) is 9.26. The summed E-state index contributed by atoms with van der Waals surface area (Å²) in [5, 5.41) is 0. The Kier molecular flexibility index (Phi) is 1.96. The van der Waals surface area contributed by atoms with Crippen LogP contribution in [0.4, 0.5) is 5.82 Å². The van der Waals surface area contributed by atoms with Crippen LogP contribution in [0.2, 0.25) is 0 Å². The van der Waals surface area contributed by atoms with Gasteiger partial charge in [0.1, 0.15) is 0 Å². The van der Waals surface area contributed by atoms with E-state index in [2.05, 4.69) is 9.97 Å². The van der Waals surface area contributed by atoms with Gasteiger partial charge in [-0.05, 0) is 12.8 Å². The molecule has 1 aromatic rings. The van der Waals surface area contributed by atoms with E-state index >= 15 is 0 Å². The number of hydrogen-bond acceptors (Lipinski definition) is 3. The summed E-state index contributed by atoms with van der Waals surface area (Å²) in [6, 6.07) is 0. The van der Waals surface area contributed by atoms with Gasteiger partial charge in [-0.3, -0.25) is 14.7 Å². The summed E-state index contributed by atoms with van der Waals surface area (Å²) in [7, 11) is 1.74. The highest BCUT2D eigenvalue weighted by atomic mass is 16.2. The smallest absolute Gasteiger partial charge is 0.231 e. The third-order valence-corrected chi connectivity index (χ3v) is 2.15. The van der Waals surface area contributed by atoms with Crippen molar-refractivity contribution in [2.24, 2.45) is 5.92 Å². The Hall–Kier alpha value is -1.45. The Morgan fingerprint density at radius 1 is 1.54 bits per heavy atom. The molecule has 1 amide bonds. The molecule has 68 valence electrons. The third kappa shape index (κ3) is 1.66. The second kappa shape index (κ2) is 3.12. The largest absolute Gasteiger partial charge is 0.298 e. The lowest BCUT2D eigenvalue weighted by Crippen LogP contribution is -2.28. The van der Waals surface area contributed by atoms with Crippen LogP contribution in [0.3, 0.4) is 0 Å². The first-order valence-electron chi connectivity index (χ1n) is 4.32. The lowest BCUT2D eigenvalue weighted by Gasteiger charge is -2.14. The molecule has 0 aliphatic heterocycles. The van der Waals surface area contributed by atoms with E-state index in [1.165, 1.54) is 0 Å². The fourth-order valence-corrected chi connectivity index (χ4v) is 1.18. The number of aromatic nitrogens is 2. The average Bonchev–Trinajstić information content (AvgIpc) is 3.00. The number of amides is 1. The van der Waals surface area contributed by atoms with Gasteiger partial charge in [0.15, 0.2) is 5.82 Å². The van der Waals surface area contributed by atoms with E-state index in [0.717, 1.165) is 12.8 Å². The van der Waals surface area contributed by atoms with Gasteiger partial charge in [-0.1, -0.05) is 0 Å². The van der Waals surface area contributed by atoms with Gasteiger partial charge in [0, 0.05) is 25.4 Å². The Morgan fingerprint density at radius 3 is 2.85 bits per heavy atom. The van der Waals surface area contributed by atoms with Crippen molar-refractivity contribution >= 4 is 11.7 Å². The zero-order valence-corrected chi connectivity index (χ0v) is 7.47. The van der Waals surface area contributed by atoms with Crippen LogP contribution in [0, 0.1) is 5.92 Å². The van der Waals surface area contributed by atoms with Crippen LogP contribution in [-0.2, 0) is 4.79 Å². The van der Waals surface area contributed by atoms with Crippen LogP contribution in [0.15, 0.2) is 18.6 Å². The van der Waals surface area contributed by atoms with E-state index in [-0.39, 0.29) is 11.8 Å². The summed E-state index contributed by atoms with van der Waals surface area (Å²) in [5.41, 5.74) is 0. The summed E-state index contributed by atoms with van der Waals surface area (Å²) in [4.78, 5) is 21.1. The maximum Gasteiger partial charge on any atom is 0.231 e. The summed E-state index contributed by atoms with van der Waals surface area (Å²) in [6.07, 6.45) is 6.82. The average molecular weight is 177 g/mol. The Balaban J connectivity index is 2.12. The van der Waals surface area contributed by atoms with Gasteiger partial charge in [-0.15, -0.1) is 0 Å². The maximum atomic E-state index is 11.6. The second-order valence-electron chi connectivity index (χ2n) is 3.24. The van der Waals surface area contributed by atoms with Gasteiger partial charge in [0.05, 0.1) is 6.20 Å². The number of anilines is 1. The molecule has 2 rings (SSSR count). The van der Waals surface area contributed by atoms with Crippen molar-refractivity contribution in [3.05, 3.63) is 18.6 Å². The van der Waals surface area contributed by atoms with Gasteiger partial charge >= 0.3 is 0 Å². The van der Waals surface area contributed by atoms with E-state index in [1.807, 2.05) is 0 Å². The standard InChI is InChI=1S/C9H11N3O/c1-12(9(13)7-2-3-7)8-6-10-4-5-11-8/h4-7H,2-3H2,1H3. The van der Waals surface area contributed by atoms with Crippen molar-refractivity contribution < 1.29 is 4.79 Å². The van der Waals surface area contributed by atoms with Crippen molar-refractivity contribution in [2.45, 2.75) is 12.8 Å². The molecule has 1 saturated carbocycles. The Bertz CT molecular complexity index is 308. The highest BCUT2D eigenvalue weighted by molar-refractivity contribution is 5.94. The van der Waals surface area contributed by atoms with Crippen LogP contribution in [0.25, 0.3) is 0 Å². The summed E-state index contributed by atoms with van der Waals surface area (Å²) in [5.74, 6) is 1.01. The Morgan fingerprint density at radius 2 is 2.31 bits per heavy atom. The van der Waals surface area contributed by atoms with Gasteiger partial charge in [-0.25, -0.2) is 4.98 Å². The normalized spacial score (nSPS) is 15.5. The highest BCUT2D eigenvalue weighted by Crippen LogP contribution is 2.31. The third-order valence-electron chi connectivity index (χ3n) is 2.15. The number of rotatable bonds is 2. The fourth-order valence-electron chi connectivity index (χ4n) is 1.18. The summed E-state index contributed by atoms with van der Waals surface area (Å²) in [6.45, 7) is 0. The highest BCUT2D eigenvalue weighted by Gasteiger charge is 2.32. The number of nitrogens with zero attached hydrogens (tertiary/aromatic N) is 3. The minimum atomic E-state index is 0.153. The van der Waals surface area contributed by atoms with Crippen LogP contribution < -0.4 is 4.90 Å². The van der Waals surface area contributed by atoms with E-state index in [0.29, 0.717) is 5.82 Å². The first-order valence-corrected chi connectivity index (χ1v) is 4.32. The number of carbonyl (C=O) groups excluding carboxylic acids is 1. The van der Waals surface area contributed by atoms with E-state index in [1.54, 1.807) is 30.5 Å². The fraction of sp³-hybridized carbons (Fsp3) is 0.444. The van der Waals surface area contributed by atoms with Crippen molar-refractivity contribution in [1.29, 1.82) is 0 Å². The van der Waals surface area contributed by atoms with Gasteiger partial charge < -0.3 is 0 Å². The number of carbonyl (C=O) groups is 1. The molecule has 0 N–H and O–H groups in total. The van der Waals surface area contributed by atoms with E-state index < -0.39 is 0 Å². The van der Waals surface area contributed by atoms with E-state index in [9.17, 15) is 4.79 Å². The van der Waals surface area contributed by atoms with Crippen molar-refractivity contribution in [1.82, 2.24) is 9.97 Å². The zero-order valence-electron chi connectivity index (χ0n) is 7.47. The van der Waals surface area contributed by atoms with Crippen LogP contribution >= 0.6 is 0 Å². The van der Waals surface area contributed by atoms with Crippen LogP contribution in [0.5, 0.6) is 0 Å². The molecule has 0 bridgehead atoms. The lowest BCUT2D eigenvalue weighted by atomic mass is 10.3. The maximum absolute atomic E-state index is 11.6. The molecule has 13 heavy (non-hydrogen) atoms. The number of hydrogen-bond donors (Lipinski definition) is 0. The van der Waals surface area contributed by atoms with Crippen molar-refractivity contribution in [3.63, 3.8) is 0 Å². The van der Waals surface area contributed by atoms with E-state index in [4.69, 9.17) is 0 Å². The molecule has 0 atom stereocenters. The topological polar surface area (TPSA) is 46.1 Å². The first kappa shape index (κ1) is 8.16. The van der Waals surface area contributed by atoms with Crippen molar-refractivity contribution in [2.75, 3.05) is 11.9 Å². The SMILES string of the molecule is CN(C(=O)C1CC1)c1cnccn1. The molecule has 1 fully saturated rings. The molecule has 4 heteroatoms. The van der Waals surface area contributed by atoms with Gasteiger partial charge in [0.25, 0.3) is 0 Å². The molecule has 1 aromatic heterocycles. The molecular weight excluding hydrogens is 166 g/mol. The van der Waals surface area contributed by atoms with Crippen molar-refractivity contribution in [3.8, 4) is 0 Å². The van der Waals surface area contributed by atoms with Crippen LogP contribution in [-0.4, -0.2) is 22.9 Å². The quantitative estimate of drug-likeness (QED) is 0.672. The molecule has 0 saturated heterocycles. The first-order chi connectivity index (χ1) is 6.29. The minimum absolute atomic E-state index is 0.153. The molecular formula is C9H11N3O. The predicted molar refractivity (Wildman–Crippen MR) is 48.2 cm³/mol. The van der Waals surface area contributed by atoms with Gasteiger partial charge in [0.2, 0.25) is 5.91 Å². The lowest BCUT2D eigenvalue weighted by molar-refractivity contribution is -0.119. The molecule has 4 nitrogen and oxygen atoms in total. The minimum Gasteiger partial charge on any atom is -0.298 e. The summed E-state index contributed by atoms with van der Waals surface area (Å²) < 4.78 is 0. The predicted octanol–water partition coefficient (Wildman–Crippen LogP) is 0.849. The molecule has 1 aliphatic carbocycles. The summed E-state index contributed by atoms with van der Waals surface area (Å²) >= 11 is 0. The molecule has 0 unspecified atom stereocenters. The van der Waals surface area contributed by atoms with Crippen LogP contribution in [0.1, 0.15) is 12.8 Å². The molecule has 1 aliphatic rings. The molecule has 0 aromatic carbocycles. The monoisotopic (exact) mass is 177 g/mol. The molecule has 0 radical (unpaired) electrons. The molecule has 1 heterocycles. The molecule has 0 spiro atoms. The Labute approximate surface area is 76.6 Å². The van der Waals surface area contributed by atoms with Gasteiger partial charge in [-0.2, -0.15) is 0 Å².